The standard InChI is InChI=1S/C14H23N3O/c1-10(2)15-9-14(18)16-12-7-6-11(3)13(8-12)17(4)5/h6-8,10,15H,9H2,1-5H3,(H,16,18). The number of hydrogen-bond donors (Lipinski definition) is 2. The Morgan fingerprint density at radius 1 is 1.33 bits per heavy atom. The van der Waals surface area contributed by atoms with Gasteiger partial charge in [0, 0.05) is 31.5 Å². The van der Waals surface area contributed by atoms with Gasteiger partial charge in [-0.05, 0) is 24.6 Å². The Kier molecular flexibility index (Phi) is 5.16. The summed E-state index contributed by atoms with van der Waals surface area (Å²) in [6.45, 7) is 6.43. The summed E-state index contributed by atoms with van der Waals surface area (Å²) in [5, 5.41) is 5.98. The highest BCUT2D eigenvalue weighted by atomic mass is 16.1. The normalized spacial score (nSPS) is 10.6. The van der Waals surface area contributed by atoms with Crippen LogP contribution in [-0.2, 0) is 4.79 Å². The first-order valence-electron chi connectivity index (χ1n) is 6.21. The van der Waals surface area contributed by atoms with E-state index in [1.807, 2.05) is 51.0 Å². The molecule has 1 amide bonds. The van der Waals surface area contributed by atoms with Gasteiger partial charge in [-0.1, -0.05) is 19.9 Å². The molecule has 0 aliphatic heterocycles. The van der Waals surface area contributed by atoms with Crippen LogP contribution in [0.2, 0.25) is 0 Å². The third-order valence-electron chi connectivity index (χ3n) is 2.65. The molecular weight excluding hydrogens is 226 g/mol. The van der Waals surface area contributed by atoms with Crippen LogP contribution < -0.4 is 15.5 Å². The molecule has 0 spiro atoms. The fraction of sp³-hybridized carbons (Fsp3) is 0.500. The predicted molar refractivity (Wildman–Crippen MR) is 77.3 cm³/mol. The van der Waals surface area contributed by atoms with Crippen molar-refractivity contribution in [1.82, 2.24) is 5.32 Å². The number of benzene rings is 1. The van der Waals surface area contributed by atoms with Gasteiger partial charge in [-0.15, -0.1) is 0 Å². The van der Waals surface area contributed by atoms with Gasteiger partial charge in [0.2, 0.25) is 5.91 Å². The van der Waals surface area contributed by atoms with E-state index in [0.29, 0.717) is 12.6 Å². The fourth-order valence-electron chi connectivity index (χ4n) is 1.67. The second-order valence-corrected chi connectivity index (χ2v) is 4.98. The first-order valence-corrected chi connectivity index (χ1v) is 6.21. The molecule has 0 aliphatic carbocycles. The minimum absolute atomic E-state index is 0.0164. The fourth-order valence-corrected chi connectivity index (χ4v) is 1.67. The molecule has 2 N–H and O–H groups in total. The van der Waals surface area contributed by atoms with Crippen LogP contribution in [0.5, 0.6) is 0 Å². The number of aryl methyl sites for hydroxylation is 1. The predicted octanol–water partition coefficient (Wildman–Crippen LogP) is 2.00. The van der Waals surface area contributed by atoms with Crippen molar-refractivity contribution in [1.29, 1.82) is 0 Å². The third-order valence-corrected chi connectivity index (χ3v) is 2.65. The first-order chi connectivity index (χ1) is 8.40. The van der Waals surface area contributed by atoms with Crippen LogP contribution in [-0.4, -0.2) is 32.6 Å². The van der Waals surface area contributed by atoms with E-state index in [9.17, 15) is 4.79 Å². The molecule has 100 valence electrons. The summed E-state index contributed by atoms with van der Waals surface area (Å²) in [6.07, 6.45) is 0. The van der Waals surface area contributed by atoms with Crippen LogP contribution in [0, 0.1) is 6.92 Å². The smallest absolute Gasteiger partial charge is 0.238 e. The average molecular weight is 249 g/mol. The van der Waals surface area contributed by atoms with E-state index in [4.69, 9.17) is 0 Å². The summed E-state index contributed by atoms with van der Waals surface area (Å²) in [5.41, 5.74) is 3.14. The molecule has 0 fully saturated rings. The Morgan fingerprint density at radius 3 is 2.56 bits per heavy atom. The molecule has 0 saturated carbocycles. The highest BCUT2D eigenvalue weighted by Crippen LogP contribution is 2.22. The molecule has 1 aromatic rings. The second-order valence-electron chi connectivity index (χ2n) is 4.98. The highest BCUT2D eigenvalue weighted by molar-refractivity contribution is 5.92. The summed E-state index contributed by atoms with van der Waals surface area (Å²) < 4.78 is 0. The van der Waals surface area contributed by atoms with E-state index >= 15 is 0 Å². The molecular formula is C14H23N3O. The van der Waals surface area contributed by atoms with Crippen molar-refractivity contribution in [3.63, 3.8) is 0 Å². The van der Waals surface area contributed by atoms with E-state index in [1.54, 1.807) is 0 Å². The maximum Gasteiger partial charge on any atom is 0.238 e. The van der Waals surface area contributed by atoms with Gasteiger partial charge in [0.15, 0.2) is 0 Å². The molecule has 18 heavy (non-hydrogen) atoms. The van der Waals surface area contributed by atoms with Crippen molar-refractivity contribution in [3.8, 4) is 0 Å². The zero-order chi connectivity index (χ0) is 13.7. The molecule has 0 bridgehead atoms. The first kappa shape index (κ1) is 14.5. The summed E-state index contributed by atoms with van der Waals surface area (Å²) in [6, 6.07) is 6.24. The minimum atomic E-state index is -0.0164. The molecule has 0 atom stereocenters. The average Bonchev–Trinajstić information content (AvgIpc) is 2.28. The lowest BCUT2D eigenvalue weighted by molar-refractivity contribution is -0.115. The lowest BCUT2D eigenvalue weighted by atomic mass is 10.1. The Labute approximate surface area is 109 Å². The number of nitrogens with zero attached hydrogens (tertiary/aromatic N) is 1. The summed E-state index contributed by atoms with van der Waals surface area (Å²) in [4.78, 5) is 13.7. The molecule has 4 nitrogen and oxygen atoms in total. The zero-order valence-corrected chi connectivity index (χ0v) is 11.9. The Balaban J connectivity index is 2.67. The van der Waals surface area contributed by atoms with E-state index in [-0.39, 0.29) is 5.91 Å². The minimum Gasteiger partial charge on any atom is -0.377 e. The van der Waals surface area contributed by atoms with Gasteiger partial charge in [-0.2, -0.15) is 0 Å². The monoisotopic (exact) mass is 249 g/mol. The van der Waals surface area contributed by atoms with E-state index in [2.05, 4.69) is 17.6 Å². The number of nitrogens with one attached hydrogen (secondary N) is 2. The van der Waals surface area contributed by atoms with Crippen molar-refractivity contribution < 1.29 is 4.79 Å². The quantitative estimate of drug-likeness (QED) is 0.839. The van der Waals surface area contributed by atoms with E-state index in [1.165, 1.54) is 5.56 Å². The topological polar surface area (TPSA) is 44.4 Å². The van der Waals surface area contributed by atoms with Crippen LogP contribution in [0.15, 0.2) is 18.2 Å². The molecule has 0 heterocycles. The van der Waals surface area contributed by atoms with Crippen LogP contribution in [0.3, 0.4) is 0 Å². The number of amides is 1. The number of carbonyl (C=O) groups excluding carboxylic acids is 1. The van der Waals surface area contributed by atoms with Gasteiger partial charge in [-0.25, -0.2) is 0 Å². The van der Waals surface area contributed by atoms with Crippen molar-refractivity contribution in [2.75, 3.05) is 30.9 Å². The summed E-state index contributed by atoms with van der Waals surface area (Å²) >= 11 is 0. The molecule has 0 aliphatic rings. The molecule has 0 radical (unpaired) electrons. The van der Waals surface area contributed by atoms with Crippen molar-refractivity contribution in [2.24, 2.45) is 0 Å². The van der Waals surface area contributed by atoms with Crippen LogP contribution in [0.25, 0.3) is 0 Å². The number of carbonyl (C=O) groups is 1. The van der Waals surface area contributed by atoms with Crippen LogP contribution in [0.4, 0.5) is 11.4 Å². The Bertz CT molecular complexity index is 414. The molecule has 1 rings (SSSR count). The highest BCUT2D eigenvalue weighted by Gasteiger charge is 2.06. The molecule has 0 unspecified atom stereocenters. The van der Waals surface area contributed by atoms with E-state index < -0.39 is 0 Å². The van der Waals surface area contributed by atoms with Crippen molar-refractivity contribution in [2.45, 2.75) is 26.8 Å². The summed E-state index contributed by atoms with van der Waals surface area (Å²) in [7, 11) is 3.99. The van der Waals surface area contributed by atoms with Gasteiger partial charge in [0.05, 0.1) is 6.54 Å². The maximum absolute atomic E-state index is 11.7. The second kappa shape index (κ2) is 6.40. The van der Waals surface area contributed by atoms with E-state index in [0.717, 1.165) is 11.4 Å². The molecule has 4 heteroatoms. The zero-order valence-electron chi connectivity index (χ0n) is 11.9. The van der Waals surface area contributed by atoms with Gasteiger partial charge in [0.25, 0.3) is 0 Å². The van der Waals surface area contributed by atoms with Crippen molar-refractivity contribution in [3.05, 3.63) is 23.8 Å². The molecule has 0 aromatic heterocycles. The van der Waals surface area contributed by atoms with Gasteiger partial charge >= 0.3 is 0 Å². The van der Waals surface area contributed by atoms with Gasteiger partial charge in [-0.3, -0.25) is 4.79 Å². The number of hydrogen-bond acceptors (Lipinski definition) is 3. The lowest BCUT2D eigenvalue weighted by Gasteiger charge is -2.17. The van der Waals surface area contributed by atoms with Gasteiger partial charge in [0.1, 0.15) is 0 Å². The molecule has 1 aromatic carbocycles. The SMILES string of the molecule is Cc1ccc(NC(=O)CNC(C)C)cc1N(C)C. The molecule has 0 saturated heterocycles. The van der Waals surface area contributed by atoms with Crippen LogP contribution in [0.1, 0.15) is 19.4 Å². The van der Waals surface area contributed by atoms with Crippen LogP contribution >= 0.6 is 0 Å². The van der Waals surface area contributed by atoms with Gasteiger partial charge < -0.3 is 15.5 Å². The Hall–Kier alpha value is -1.55. The third kappa shape index (κ3) is 4.37. The lowest BCUT2D eigenvalue weighted by Crippen LogP contribution is -2.32. The maximum atomic E-state index is 11.7. The number of rotatable bonds is 5. The summed E-state index contributed by atoms with van der Waals surface area (Å²) in [5.74, 6) is -0.0164. The number of anilines is 2. The van der Waals surface area contributed by atoms with Crippen molar-refractivity contribution >= 4 is 17.3 Å². The largest absolute Gasteiger partial charge is 0.377 e. The Morgan fingerprint density at radius 2 is 2.00 bits per heavy atom.